The number of rotatable bonds is 12. The van der Waals surface area contributed by atoms with Gasteiger partial charge in [-0.05, 0) is 69.7 Å². The van der Waals surface area contributed by atoms with Gasteiger partial charge in [0.1, 0.15) is 17.7 Å². The molecule has 3 amide bonds. The van der Waals surface area contributed by atoms with Crippen molar-refractivity contribution < 1.29 is 19.1 Å². The molecule has 2 N–H and O–H groups in total. The molecule has 0 fully saturated rings. The number of nitrogens with zero attached hydrogens (tertiary/aromatic N) is 1. The van der Waals surface area contributed by atoms with Crippen molar-refractivity contribution >= 4 is 23.6 Å². The molecule has 2 atom stereocenters. The van der Waals surface area contributed by atoms with Gasteiger partial charge in [0, 0.05) is 17.8 Å². The van der Waals surface area contributed by atoms with Crippen LogP contribution in [0.4, 0.5) is 10.5 Å². The summed E-state index contributed by atoms with van der Waals surface area (Å²) in [6.45, 7) is 15.3. The molecule has 0 saturated carbocycles. The standard InChI is InChI=1S/C34H47N3O4/c1-10-12-13-16-22-37(32(39)28(23(3)4)36-33(40)41-34(7,8)9)30(27-21-15-14-20-26(27)11-2)31(38)35-29-24(5)18-17-19-25(29)6/h2,14-15,17-21,23,28,30H,10,12-13,16,22H2,1,3-9H3,(H,35,38)(H,36,40). The first-order chi connectivity index (χ1) is 19.3. The zero-order valence-corrected chi connectivity index (χ0v) is 26.0. The molecule has 7 heteroatoms. The van der Waals surface area contributed by atoms with Crippen LogP contribution in [-0.2, 0) is 14.3 Å². The molecule has 0 heterocycles. The predicted octanol–water partition coefficient (Wildman–Crippen LogP) is 6.92. The number of ether oxygens (including phenoxy) is 1. The third-order valence-corrected chi connectivity index (χ3v) is 6.84. The van der Waals surface area contributed by atoms with Crippen molar-refractivity contribution in [1.82, 2.24) is 10.2 Å². The topological polar surface area (TPSA) is 87.7 Å². The molecule has 0 aliphatic rings. The molecular weight excluding hydrogens is 514 g/mol. The second-order valence-corrected chi connectivity index (χ2v) is 11.9. The van der Waals surface area contributed by atoms with Gasteiger partial charge in [-0.3, -0.25) is 9.59 Å². The van der Waals surface area contributed by atoms with Gasteiger partial charge in [-0.2, -0.15) is 0 Å². The highest BCUT2D eigenvalue weighted by atomic mass is 16.6. The minimum Gasteiger partial charge on any atom is -0.444 e. The average Bonchev–Trinajstić information content (AvgIpc) is 2.89. The first-order valence-corrected chi connectivity index (χ1v) is 14.5. The number of unbranched alkanes of at least 4 members (excludes halogenated alkanes) is 3. The molecule has 222 valence electrons. The Labute approximate surface area is 246 Å². The molecule has 0 aliphatic carbocycles. The van der Waals surface area contributed by atoms with Crippen LogP contribution in [0.25, 0.3) is 0 Å². The SMILES string of the molecule is C#Cc1ccccc1C(C(=O)Nc1c(C)cccc1C)N(CCCCCC)C(=O)C(NC(=O)OC(C)(C)C)C(C)C. The first kappa shape index (κ1) is 33.4. The Bertz CT molecular complexity index is 1220. The predicted molar refractivity (Wildman–Crippen MR) is 166 cm³/mol. The van der Waals surface area contributed by atoms with E-state index >= 15 is 0 Å². The van der Waals surface area contributed by atoms with E-state index < -0.39 is 23.8 Å². The van der Waals surface area contributed by atoms with Crippen molar-refractivity contribution in [2.24, 2.45) is 5.92 Å². The zero-order valence-electron chi connectivity index (χ0n) is 26.0. The second kappa shape index (κ2) is 15.3. The lowest BCUT2D eigenvalue weighted by molar-refractivity contribution is -0.141. The lowest BCUT2D eigenvalue weighted by Crippen LogP contribution is -2.54. The van der Waals surface area contributed by atoms with Crippen molar-refractivity contribution in [2.45, 2.75) is 98.8 Å². The van der Waals surface area contributed by atoms with E-state index in [0.29, 0.717) is 29.8 Å². The number of benzene rings is 2. The summed E-state index contributed by atoms with van der Waals surface area (Å²) in [5, 5.41) is 5.86. The minimum absolute atomic E-state index is 0.265. The van der Waals surface area contributed by atoms with Gasteiger partial charge < -0.3 is 20.3 Å². The molecule has 7 nitrogen and oxygen atoms in total. The maximum absolute atomic E-state index is 14.4. The molecule has 0 aliphatic heterocycles. The summed E-state index contributed by atoms with van der Waals surface area (Å²) in [7, 11) is 0. The lowest BCUT2D eigenvalue weighted by atomic mass is 9.95. The number of carbonyl (C=O) groups is 3. The maximum Gasteiger partial charge on any atom is 0.408 e. The molecule has 0 saturated heterocycles. The Morgan fingerprint density at radius 1 is 0.976 bits per heavy atom. The summed E-state index contributed by atoms with van der Waals surface area (Å²) in [6, 6.07) is 11.1. The van der Waals surface area contributed by atoms with Gasteiger partial charge in [-0.25, -0.2) is 4.79 Å². The van der Waals surface area contributed by atoms with E-state index in [1.54, 1.807) is 37.8 Å². The van der Waals surface area contributed by atoms with Crippen LogP contribution in [0.15, 0.2) is 42.5 Å². The van der Waals surface area contributed by atoms with Gasteiger partial charge in [-0.15, -0.1) is 6.42 Å². The summed E-state index contributed by atoms with van der Waals surface area (Å²) in [5.74, 6) is 1.69. The summed E-state index contributed by atoms with van der Waals surface area (Å²) >= 11 is 0. The molecule has 2 aromatic carbocycles. The minimum atomic E-state index is -1.02. The van der Waals surface area contributed by atoms with E-state index in [2.05, 4.69) is 23.5 Å². The summed E-state index contributed by atoms with van der Waals surface area (Å²) in [5.41, 5.74) is 2.88. The number of para-hydroxylation sites is 1. The Kier molecular flexibility index (Phi) is 12.5. The number of carbonyl (C=O) groups excluding carboxylic acids is 3. The van der Waals surface area contributed by atoms with Crippen molar-refractivity contribution in [3.63, 3.8) is 0 Å². The fraction of sp³-hybridized carbons (Fsp3) is 0.500. The first-order valence-electron chi connectivity index (χ1n) is 14.5. The van der Waals surface area contributed by atoms with Gasteiger partial charge in [-0.1, -0.05) is 82.4 Å². The second-order valence-electron chi connectivity index (χ2n) is 11.9. The van der Waals surface area contributed by atoms with Crippen LogP contribution < -0.4 is 10.6 Å². The molecule has 0 spiro atoms. The molecule has 0 bridgehead atoms. The van der Waals surface area contributed by atoms with Crippen LogP contribution in [0.1, 0.15) is 95.5 Å². The van der Waals surface area contributed by atoms with Gasteiger partial charge >= 0.3 is 6.09 Å². The smallest absolute Gasteiger partial charge is 0.408 e. The number of hydrogen-bond donors (Lipinski definition) is 2. The Morgan fingerprint density at radius 3 is 2.17 bits per heavy atom. The third kappa shape index (κ3) is 9.67. The number of nitrogens with one attached hydrogen (secondary N) is 2. The van der Waals surface area contributed by atoms with Gasteiger partial charge in [0.15, 0.2) is 0 Å². The van der Waals surface area contributed by atoms with E-state index in [4.69, 9.17) is 11.2 Å². The van der Waals surface area contributed by atoms with Crippen LogP contribution in [0, 0.1) is 32.1 Å². The fourth-order valence-corrected chi connectivity index (χ4v) is 4.72. The van der Waals surface area contributed by atoms with Crippen LogP contribution >= 0.6 is 0 Å². The van der Waals surface area contributed by atoms with E-state index in [1.165, 1.54) is 0 Å². The number of amides is 3. The molecule has 2 aromatic rings. The lowest BCUT2D eigenvalue weighted by Gasteiger charge is -2.36. The monoisotopic (exact) mass is 561 g/mol. The van der Waals surface area contributed by atoms with Gasteiger partial charge in [0.25, 0.3) is 5.91 Å². The number of hydrogen-bond acceptors (Lipinski definition) is 4. The molecular formula is C34H47N3O4. The summed E-state index contributed by atoms with van der Waals surface area (Å²) in [4.78, 5) is 43.0. The third-order valence-electron chi connectivity index (χ3n) is 6.84. The van der Waals surface area contributed by atoms with Crippen LogP contribution in [-0.4, -0.2) is 41.0 Å². The maximum atomic E-state index is 14.4. The molecule has 0 radical (unpaired) electrons. The molecule has 41 heavy (non-hydrogen) atoms. The quantitative estimate of drug-likeness (QED) is 0.217. The van der Waals surface area contributed by atoms with Crippen molar-refractivity contribution in [3.8, 4) is 12.3 Å². The average molecular weight is 562 g/mol. The van der Waals surface area contributed by atoms with E-state index in [-0.39, 0.29) is 17.7 Å². The van der Waals surface area contributed by atoms with Crippen molar-refractivity contribution in [3.05, 3.63) is 64.7 Å². The van der Waals surface area contributed by atoms with Gasteiger partial charge in [0.2, 0.25) is 5.91 Å². The number of anilines is 1. The fourth-order valence-electron chi connectivity index (χ4n) is 4.72. The molecule has 2 rings (SSSR count). The van der Waals surface area contributed by atoms with Crippen LogP contribution in [0.2, 0.25) is 0 Å². The molecule has 2 unspecified atom stereocenters. The highest BCUT2D eigenvalue weighted by molar-refractivity contribution is 6.00. The van der Waals surface area contributed by atoms with Crippen molar-refractivity contribution in [2.75, 3.05) is 11.9 Å². The summed E-state index contributed by atoms with van der Waals surface area (Å²) < 4.78 is 5.47. The Morgan fingerprint density at radius 2 is 1.61 bits per heavy atom. The normalized spacial score (nSPS) is 12.7. The largest absolute Gasteiger partial charge is 0.444 e. The van der Waals surface area contributed by atoms with E-state index in [1.807, 2.05) is 58.0 Å². The van der Waals surface area contributed by atoms with E-state index in [0.717, 1.165) is 30.4 Å². The number of aryl methyl sites for hydroxylation is 2. The van der Waals surface area contributed by atoms with Crippen LogP contribution in [0.5, 0.6) is 0 Å². The highest BCUT2D eigenvalue weighted by Gasteiger charge is 2.38. The van der Waals surface area contributed by atoms with Gasteiger partial charge in [0.05, 0.1) is 0 Å². The highest BCUT2D eigenvalue weighted by Crippen LogP contribution is 2.30. The number of alkyl carbamates (subject to hydrolysis) is 1. The number of terminal acetylenes is 1. The Hall–Kier alpha value is -3.79. The van der Waals surface area contributed by atoms with Crippen LogP contribution in [0.3, 0.4) is 0 Å². The van der Waals surface area contributed by atoms with Crippen molar-refractivity contribution in [1.29, 1.82) is 0 Å². The molecule has 0 aromatic heterocycles. The Balaban J connectivity index is 2.63. The zero-order chi connectivity index (χ0) is 30.7. The summed E-state index contributed by atoms with van der Waals surface area (Å²) in [6.07, 6.45) is 8.82. The van der Waals surface area contributed by atoms with E-state index in [9.17, 15) is 14.4 Å².